The van der Waals surface area contributed by atoms with E-state index >= 15 is 0 Å². The van der Waals surface area contributed by atoms with E-state index in [1.165, 1.54) is 16.8 Å². The Kier molecular flexibility index (Phi) is 3.32. The molecule has 0 unspecified atom stereocenters. The van der Waals surface area contributed by atoms with Gasteiger partial charge in [-0.05, 0) is 25.1 Å². The van der Waals surface area contributed by atoms with Gasteiger partial charge in [-0.1, -0.05) is 0 Å². The summed E-state index contributed by atoms with van der Waals surface area (Å²) in [6.07, 6.45) is 0. The number of hydrogen-bond acceptors (Lipinski definition) is 6. The SMILES string of the molecule is CNc1c(C)nn(-c2ccc(N)c(S(=O)(=O)O)c2)c1N. The lowest BCUT2D eigenvalue weighted by molar-refractivity contribution is 0.483. The van der Waals surface area contributed by atoms with Gasteiger partial charge in [0, 0.05) is 7.05 Å². The van der Waals surface area contributed by atoms with Gasteiger partial charge >= 0.3 is 0 Å². The van der Waals surface area contributed by atoms with Crippen molar-refractivity contribution in [1.29, 1.82) is 0 Å². The molecule has 0 radical (unpaired) electrons. The number of aromatic nitrogens is 2. The normalized spacial score (nSPS) is 11.6. The molecule has 1 heterocycles. The Labute approximate surface area is 116 Å². The average molecular weight is 297 g/mol. The number of anilines is 3. The number of hydrogen-bond donors (Lipinski definition) is 4. The van der Waals surface area contributed by atoms with E-state index in [2.05, 4.69) is 10.4 Å². The van der Waals surface area contributed by atoms with Gasteiger partial charge in [0.2, 0.25) is 0 Å². The fourth-order valence-corrected chi connectivity index (χ4v) is 2.56. The summed E-state index contributed by atoms with van der Waals surface area (Å²) in [4.78, 5) is -0.381. The Morgan fingerprint density at radius 3 is 2.50 bits per heavy atom. The lowest BCUT2D eigenvalue weighted by Gasteiger charge is -2.08. The summed E-state index contributed by atoms with van der Waals surface area (Å²) in [6, 6.07) is 4.15. The van der Waals surface area contributed by atoms with E-state index in [-0.39, 0.29) is 10.6 Å². The number of aryl methyl sites for hydroxylation is 1. The first-order valence-electron chi connectivity index (χ1n) is 5.66. The number of nitrogen functional groups attached to an aromatic ring is 2. The van der Waals surface area contributed by atoms with Crippen molar-refractivity contribution < 1.29 is 13.0 Å². The van der Waals surface area contributed by atoms with Crippen LogP contribution in [0.3, 0.4) is 0 Å². The molecule has 108 valence electrons. The quantitative estimate of drug-likeness (QED) is 0.482. The first-order chi connectivity index (χ1) is 9.25. The van der Waals surface area contributed by atoms with Gasteiger partial charge in [0.15, 0.2) is 5.82 Å². The first kappa shape index (κ1) is 14.2. The Balaban J connectivity index is 2.66. The molecule has 0 spiro atoms. The Bertz CT molecular complexity index is 767. The van der Waals surface area contributed by atoms with Gasteiger partial charge in [0.25, 0.3) is 10.1 Å². The summed E-state index contributed by atoms with van der Waals surface area (Å²) in [6.45, 7) is 1.76. The minimum absolute atomic E-state index is 0.0486. The smallest absolute Gasteiger partial charge is 0.296 e. The zero-order valence-corrected chi connectivity index (χ0v) is 11.8. The predicted octanol–water partition coefficient (Wildman–Crippen LogP) is 0.634. The van der Waals surface area contributed by atoms with E-state index in [1.54, 1.807) is 20.0 Å². The molecule has 0 atom stereocenters. The van der Waals surface area contributed by atoms with Crippen LogP contribution >= 0.6 is 0 Å². The van der Waals surface area contributed by atoms with Crippen LogP contribution < -0.4 is 16.8 Å². The molecule has 0 bridgehead atoms. The molecule has 0 saturated carbocycles. The molecule has 0 amide bonds. The van der Waals surface area contributed by atoms with E-state index in [9.17, 15) is 8.42 Å². The van der Waals surface area contributed by atoms with Crippen molar-refractivity contribution in [1.82, 2.24) is 9.78 Å². The van der Waals surface area contributed by atoms with E-state index in [0.29, 0.717) is 22.9 Å². The van der Waals surface area contributed by atoms with Crippen molar-refractivity contribution in [2.24, 2.45) is 0 Å². The standard InChI is InChI=1S/C11H15N5O3S/c1-6-10(14-2)11(13)16(15-6)7-3-4-8(12)9(5-7)20(17,18)19/h3-5,14H,12-13H2,1-2H3,(H,17,18,19). The van der Waals surface area contributed by atoms with Crippen molar-refractivity contribution >= 4 is 27.3 Å². The third-order valence-electron chi connectivity index (χ3n) is 2.87. The van der Waals surface area contributed by atoms with Crippen LogP contribution in [0.5, 0.6) is 0 Å². The number of benzene rings is 1. The summed E-state index contributed by atoms with van der Waals surface area (Å²) >= 11 is 0. The van der Waals surface area contributed by atoms with Crippen LogP contribution in [-0.2, 0) is 10.1 Å². The molecular weight excluding hydrogens is 282 g/mol. The molecule has 1 aromatic heterocycles. The first-order valence-corrected chi connectivity index (χ1v) is 7.10. The highest BCUT2D eigenvalue weighted by Gasteiger charge is 2.18. The summed E-state index contributed by atoms with van der Waals surface area (Å²) < 4.78 is 33.0. The molecule has 2 rings (SSSR count). The van der Waals surface area contributed by atoms with Gasteiger partial charge in [-0.15, -0.1) is 0 Å². The van der Waals surface area contributed by atoms with Gasteiger partial charge in [0.05, 0.1) is 17.1 Å². The average Bonchev–Trinajstić information content (AvgIpc) is 2.63. The van der Waals surface area contributed by atoms with Crippen molar-refractivity contribution in [3.05, 3.63) is 23.9 Å². The maximum Gasteiger partial charge on any atom is 0.296 e. The molecule has 0 aliphatic heterocycles. The highest BCUT2D eigenvalue weighted by atomic mass is 32.2. The fraction of sp³-hybridized carbons (Fsp3) is 0.182. The van der Waals surface area contributed by atoms with Gasteiger partial charge < -0.3 is 16.8 Å². The van der Waals surface area contributed by atoms with E-state index in [1.807, 2.05) is 0 Å². The van der Waals surface area contributed by atoms with Gasteiger partial charge in [-0.3, -0.25) is 4.55 Å². The van der Waals surface area contributed by atoms with Gasteiger partial charge in [-0.2, -0.15) is 13.5 Å². The van der Waals surface area contributed by atoms with Crippen LogP contribution in [0.15, 0.2) is 23.1 Å². The van der Waals surface area contributed by atoms with Crippen LogP contribution in [0, 0.1) is 6.92 Å². The largest absolute Gasteiger partial charge is 0.398 e. The minimum Gasteiger partial charge on any atom is -0.398 e. The summed E-state index contributed by atoms with van der Waals surface area (Å²) in [7, 11) is -2.70. The molecule has 20 heavy (non-hydrogen) atoms. The summed E-state index contributed by atoms with van der Waals surface area (Å²) in [5.41, 5.74) is 13.1. The molecular formula is C11H15N5O3S. The minimum atomic E-state index is -4.41. The zero-order valence-electron chi connectivity index (χ0n) is 11.0. The number of rotatable bonds is 3. The fourth-order valence-electron chi connectivity index (χ4n) is 1.93. The maximum atomic E-state index is 11.3. The Morgan fingerprint density at radius 1 is 1.35 bits per heavy atom. The lowest BCUT2D eigenvalue weighted by Crippen LogP contribution is -2.07. The van der Waals surface area contributed by atoms with Crippen LogP contribution in [0.25, 0.3) is 5.69 Å². The molecule has 0 aliphatic carbocycles. The maximum absolute atomic E-state index is 11.3. The Morgan fingerprint density at radius 2 is 2.00 bits per heavy atom. The number of nitrogens with zero attached hydrogens (tertiary/aromatic N) is 2. The van der Waals surface area contributed by atoms with Crippen LogP contribution in [0.2, 0.25) is 0 Å². The summed E-state index contributed by atoms with van der Waals surface area (Å²) in [5.74, 6) is 0.330. The van der Waals surface area contributed by atoms with E-state index < -0.39 is 10.1 Å². The second-order valence-electron chi connectivity index (χ2n) is 4.20. The molecule has 9 heteroatoms. The van der Waals surface area contributed by atoms with Crippen LogP contribution in [0.1, 0.15) is 5.69 Å². The van der Waals surface area contributed by atoms with Gasteiger partial charge in [-0.25, -0.2) is 4.68 Å². The van der Waals surface area contributed by atoms with Crippen molar-refractivity contribution in [3.8, 4) is 5.69 Å². The van der Waals surface area contributed by atoms with E-state index in [0.717, 1.165) is 0 Å². The Hall–Kier alpha value is -2.26. The molecule has 0 saturated heterocycles. The number of nitrogens with two attached hydrogens (primary N) is 2. The summed E-state index contributed by atoms with van der Waals surface area (Å²) in [5, 5.41) is 7.13. The second kappa shape index (κ2) is 4.69. The van der Waals surface area contributed by atoms with Gasteiger partial charge in [0.1, 0.15) is 10.6 Å². The molecule has 0 fully saturated rings. The monoisotopic (exact) mass is 297 g/mol. The highest BCUT2D eigenvalue weighted by molar-refractivity contribution is 7.86. The third-order valence-corrected chi connectivity index (χ3v) is 3.78. The molecule has 2 aromatic rings. The molecule has 6 N–H and O–H groups in total. The van der Waals surface area contributed by atoms with Crippen molar-refractivity contribution in [2.45, 2.75) is 11.8 Å². The molecule has 8 nitrogen and oxygen atoms in total. The topological polar surface area (TPSA) is 136 Å². The highest BCUT2D eigenvalue weighted by Crippen LogP contribution is 2.28. The van der Waals surface area contributed by atoms with Crippen LogP contribution in [0.4, 0.5) is 17.2 Å². The molecule has 0 aliphatic rings. The zero-order chi connectivity index (χ0) is 15.1. The second-order valence-corrected chi connectivity index (χ2v) is 5.59. The van der Waals surface area contributed by atoms with Crippen LogP contribution in [-0.4, -0.2) is 29.8 Å². The van der Waals surface area contributed by atoms with Crippen molar-refractivity contribution in [3.63, 3.8) is 0 Å². The van der Waals surface area contributed by atoms with E-state index in [4.69, 9.17) is 16.0 Å². The van der Waals surface area contributed by atoms with Crippen molar-refractivity contribution in [2.75, 3.05) is 23.8 Å². The number of nitrogens with one attached hydrogen (secondary N) is 1. The molecule has 1 aromatic carbocycles. The third kappa shape index (κ3) is 2.28. The lowest BCUT2D eigenvalue weighted by atomic mass is 10.3. The predicted molar refractivity (Wildman–Crippen MR) is 76.5 cm³/mol.